The summed E-state index contributed by atoms with van der Waals surface area (Å²) in [6, 6.07) is 6.06. The summed E-state index contributed by atoms with van der Waals surface area (Å²) in [5.74, 6) is 2.46. The Morgan fingerprint density at radius 1 is 1.21 bits per heavy atom. The number of benzene rings is 1. The van der Waals surface area contributed by atoms with Gasteiger partial charge in [-0.05, 0) is 31.7 Å². The second-order valence-electron chi connectivity index (χ2n) is 5.10. The van der Waals surface area contributed by atoms with Gasteiger partial charge in [0.05, 0.1) is 14.2 Å². The van der Waals surface area contributed by atoms with Gasteiger partial charge in [-0.3, -0.25) is 0 Å². The average Bonchev–Trinajstić information content (AvgIpc) is 2.93. The highest BCUT2D eigenvalue weighted by Crippen LogP contribution is 2.32. The molecule has 0 aromatic heterocycles. The van der Waals surface area contributed by atoms with Crippen molar-refractivity contribution >= 4 is 5.69 Å². The molecule has 19 heavy (non-hydrogen) atoms. The van der Waals surface area contributed by atoms with E-state index in [0.717, 1.165) is 43.5 Å². The number of nitrogens with two attached hydrogens (primary N) is 1. The van der Waals surface area contributed by atoms with Gasteiger partial charge in [0.1, 0.15) is 11.5 Å². The van der Waals surface area contributed by atoms with E-state index in [1.165, 1.54) is 18.5 Å². The Morgan fingerprint density at radius 3 is 2.47 bits per heavy atom. The lowest BCUT2D eigenvalue weighted by atomic mass is 10.0. The van der Waals surface area contributed by atoms with Crippen molar-refractivity contribution in [2.75, 3.05) is 38.8 Å². The zero-order valence-electron chi connectivity index (χ0n) is 11.9. The number of hydrogen-bond donors (Lipinski definition) is 1. The van der Waals surface area contributed by atoms with E-state index in [4.69, 9.17) is 15.2 Å². The lowest BCUT2D eigenvalue weighted by Crippen LogP contribution is -2.19. The normalized spacial score (nSPS) is 18.7. The monoisotopic (exact) mass is 264 g/mol. The largest absolute Gasteiger partial charge is 0.497 e. The van der Waals surface area contributed by atoms with Crippen molar-refractivity contribution in [1.82, 2.24) is 0 Å². The molecule has 0 radical (unpaired) electrons. The average molecular weight is 264 g/mol. The number of ether oxygens (including phenoxy) is 2. The Kier molecular flexibility index (Phi) is 4.91. The maximum atomic E-state index is 5.58. The highest BCUT2D eigenvalue weighted by Gasteiger charge is 2.22. The van der Waals surface area contributed by atoms with Crippen LogP contribution in [0.4, 0.5) is 5.69 Å². The molecular weight excluding hydrogens is 240 g/mol. The quantitative estimate of drug-likeness (QED) is 0.856. The molecule has 1 aliphatic heterocycles. The summed E-state index contributed by atoms with van der Waals surface area (Å²) in [4.78, 5) is 2.41. The predicted octanol–water partition coefficient (Wildman–Crippen LogP) is 2.27. The summed E-state index contributed by atoms with van der Waals surface area (Å²) in [6.07, 6.45) is 3.60. The molecule has 2 rings (SSSR count). The van der Waals surface area contributed by atoms with Crippen LogP contribution in [-0.2, 0) is 0 Å². The van der Waals surface area contributed by atoms with Gasteiger partial charge in [-0.15, -0.1) is 0 Å². The molecule has 1 saturated heterocycles. The Labute approximate surface area is 115 Å². The summed E-state index contributed by atoms with van der Waals surface area (Å²) < 4.78 is 10.7. The van der Waals surface area contributed by atoms with Crippen molar-refractivity contribution in [1.29, 1.82) is 0 Å². The molecular formula is C15H24N2O2. The molecule has 4 nitrogen and oxygen atoms in total. The van der Waals surface area contributed by atoms with E-state index in [-0.39, 0.29) is 0 Å². The topological polar surface area (TPSA) is 47.7 Å². The molecule has 4 heteroatoms. The number of hydrogen-bond acceptors (Lipinski definition) is 4. The number of rotatable bonds is 6. The summed E-state index contributed by atoms with van der Waals surface area (Å²) in [5.41, 5.74) is 6.77. The minimum atomic E-state index is 0.765. The third-order valence-electron chi connectivity index (χ3n) is 3.80. The highest BCUT2D eigenvalue weighted by molar-refractivity contribution is 5.56. The SMILES string of the molecule is COc1cc(OC)cc(N2CCC(CCCN)C2)c1. The molecule has 1 heterocycles. The zero-order valence-corrected chi connectivity index (χ0v) is 11.9. The first-order valence-corrected chi connectivity index (χ1v) is 6.95. The van der Waals surface area contributed by atoms with Gasteiger partial charge in [0, 0.05) is 37.0 Å². The summed E-state index contributed by atoms with van der Waals surface area (Å²) in [5, 5.41) is 0. The fraction of sp³-hybridized carbons (Fsp3) is 0.600. The van der Waals surface area contributed by atoms with Crippen molar-refractivity contribution in [2.45, 2.75) is 19.3 Å². The van der Waals surface area contributed by atoms with Crippen LogP contribution in [0.15, 0.2) is 18.2 Å². The fourth-order valence-corrected chi connectivity index (χ4v) is 2.68. The molecule has 1 fully saturated rings. The zero-order chi connectivity index (χ0) is 13.7. The van der Waals surface area contributed by atoms with E-state index >= 15 is 0 Å². The van der Waals surface area contributed by atoms with Crippen molar-refractivity contribution in [3.05, 3.63) is 18.2 Å². The van der Waals surface area contributed by atoms with Crippen molar-refractivity contribution in [3.8, 4) is 11.5 Å². The van der Waals surface area contributed by atoms with E-state index in [1.54, 1.807) is 14.2 Å². The van der Waals surface area contributed by atoms with Gasteiger partial charge >= 0.3 is 0 Å². The molecule has 1 aromatic carbocycles. The third-order valence-corrected chi connectivity index (χ3v) is 3.80. The minimum Gasteiger partial charge on any atom is -0.497 e. The molecule has 0 spiro atoms. The van der Waals surface area contributed by atoms with Crippen molar-refractivity contribution in [2.24, 2.45) is 11.7 Å². The van der Waals surface area contributed by atoms with E-state index in [1.807, 2.05) is 6.07 Å². The Morgan fingerprint density at radius 2 is 1.89 bits per heavy atom. The summed E-state index contributed by atoms with van der Waals surface area (Å²) in [6.45, 7) is 3.01. The smallest absolute Gasteiger partial charge is 0.124 e. The fourth-order valence-electron chi connectivity index (χ4n) is 2.68. The second kappa shape index (κ2) is 6.66. The van der Waals surface area contributed by atoms with Gasteiger partial charge in [0.2, 0.25) is 0 Å². The molecule has 1 atom stereocenters. The van der Waals surface area contributed by atoms with Crippen LogP contribution in [0, 0.1) is 5.92 Å². The summed E-state index contributed by atoms with van der Waals surface area (Å²) in [7, 11) is 3.37. The van der Waals surface area contributed by atoms with Gasteiger partial charge in [-0.1, -0.05) is 0 Å². The van der Waals surface area contributed by atoms with Crippen LogP contribution < -0.4 is 20.1 Å². The predicted molar refractivity (Wildman–Crippen MR) is 78.2 cm³/mol. The second-order valence-corrected chi connectivity index (χ2v) is 5.10. The maximum Gasteiger partial charge on any atom is 0.124 e. The van der Waals surface area contributed by atoms with Gasteiger partial charge < -0.3 is 20.1 Å². The number of nitrogens with zero attached hydrogens (tertiary/aromatic N) is 1. The molecule has 1 unspecified atom stereocenters. The standard InChI is InChI=1S/C15H24N2O2/c1-18-14-8-13(9-15(10-14)19-2)17-7-5-12(11-17)4-3-6-16/h8-10,12H,3-7,11,16H2,1-2H3. The van der Waals surface area contributed by atoms with Crippen molar-refractivity contribution < 1.29 is 9.47 Å². The van der Waals surface area contributed by atoms with Crippen LogP contribution in [0.1, 0.15) is 19.3 Å². The van der Waals surface area contributed by atoms with Crippen LogP contribution >= 0.6 is 0 Å². The van der Waals surface area contributed by atoms with E-state index in [9.17, 15) is 0 Å². The molecule has 1 aliphatic rings. The number of anilines is 1. The molecule has 0 aliphatic carbocycles. The van der Waals surface area contributed by atoms with Crippen LogP contribution in [-0.4, -0.2) is 33.9 Å². The Bertz CT molecular complexity index is 387. The van der Waals surface area contributed by atoms with Gasteiger partial charge in [-0.25, -0.2) is 0 Å². The van der Waals surface area contributed by atoms with E-state index in [2.05, 4.69) is 17.0 Å². The molecule has 1 aromatic rings. The molecule has 0 amide bonds. The Hall–Kier alpha value is -1.42. The summed E-state index contributed by atoms with van der Waals surface area (Å²) >= 11 is 0. The molecule has 0 saturated carbocycles. The third kappa shape index (κ3) is 3.53. The highest BCUT2D eigenvalue weighted by atomic mass is 16.5. The molecule has 2 N–H and O–H groups in total. The van der Waals surface area contributed by atoms with Gasteiger partial charge in [0.25, 0.3) is 0 Å². The van der Waals surface area contributed by atoms with Crippen LogP contribution in [0.5, 0.6) is 11.5 Å². The lowest BCUT2D eigenvalue weighted by Gasteiger charge is -2.20. The first-order valence-electron chi connectivity index (χ1n) is 6.95. The van der Waals surface area contributed by atoms with Crippen molar-refractivity contribution in [3.63, 3.8) is 0 Å². The first-order chi connectivity index (χ1) is 9.26. The maximum absolute atomic E-state index is 5.58. The van der Waals surface area contributed by atoms with Crippen LogP contribution in [0.25, 0.3) is 0 Å². The number of methoxy groups -OCH3 is 2. The minimum absolute atomic E-state index is 0.765. The van der Waals surface area contributed by atoms with E-state index < -0.39 is 0 Å². The first kappa shape index (κ1) is 14.0. The van der Waals surface area contributed by atoms with Gasteiger partial charge in [0.15, 0.2) is 0 Å². The van der Waals surface area contributed by atoms with Crippen LogP contribution in [0.3, 0.4) is 0 Å². The molecule has 106 valence electrons. The van der Waals surface area contributed by atoms with Gasteiger partial charge in [-0.2, -0.15) is 0 Å². The van der Waals surface area contributed by atoms with E-state index in [0.29, 0.717) is 0 Å². The van der Waals surface area contributed by atoms with Crippen LogP contribution in [0.2, 0.25) is 0 Å². The lowest BCUT2D eigenvalue weighted by molar-refractivity contribution is 0.394. The Balaban J connectivity index is 2.05. The molecule has 0 bridgehead atoms.